The molecule has 0 aromatic carbocycles. The van der Waals surface area contributed by atoms with Gasteiger partial charge in [0, 0.05) is 0 Å². The molecule has 0 aliphatic carbocycles. The van der Waals surface area contributed by atoms with Gasteiger partial charge in [-0.15, -0.1) is 0 Å². The van der Waals surface area contributed by atoms with Gasteiger partial charge in [-0.2, -0.15) is 5.26 Å². The largest absolute Gasteiger partial charge is 0.478 e. The van der Waals surface area contributed by atoms with Crippen molar-refractivity contribution in [3.63, 3.8) is 0 Å². The molecule has 0 aromatic heterocycles. The van der Waals surface area contributed by atoms with Crippen LogP contribution in [0, 0.1) is 11.3 Å². The number of allylic oxidation sites excluding steroid dienone is 1. The summed E-state index contributed by atoms with van der Waals surface area (Å²) in [6, 6.07) is 1.45. The highest BCUT2D eigenvalue weighted by Crippen LogP contribution is 1.76. The van der Waals surface area contributed by atoms with Crippen molar-refractivity contribution < 1.29 is 9.90 Å². The number of hydrogen-bond donors (Lipinski definition) is 2. The minimum absolute atomic E-state index is 0.294. The third kappa shape index (κ3) is 2.72. The first kappa shape index (κ1) is 6.50. The van der Waals surface area contributed by atoms with Crippen molar-refractivity contribution >= 4 is 5.97 Å². The molecular weight excluding hydrogens is 108 g/mol. The first-order valence-corrected chi connectivity index (χ1v) is 1.77. The summed E-state index contributed by atoms with van der Waals surface area (Å²) in [7, 11) is 0. The molecule has 0 fully saturated rings. The lowest BCUT2D eigenvalue weighted by Gasteiger charge is -1.78. The van der Waals surface area contributed by atoms with Crippen LogP contribution < -0.4 is 5.73 Å². The molecular formula is C4H4N2O2. The number of hydrogen-bond acceptors (Lipinski definition) is 3. The highest BCUT2D eigenvalue weighted by Gasteiger charge is 1.89. The number of carboxylic acid groups (broad SMARTS) is 1. The summed E-state index contributed by atoms with van der Waals surface area (Å²) in [6.07, 6.45) is 0.639. The van der Waals surface area contributed by atoms with Crippen molar-refractivity contribution in [3.05, 3.63) is 11.8 Å². The zero-order chi connectivity index (χ0) is 6.57. The molecule has 3 N–H and O–H groups in total. The second-order valence-electron chi connectivity index (χ2n) is 1.05. The van der Waals surface area contributed by atoms with E-state index in [0.717, 1.165) is 0 Å². The van der Waals surface area contributed by atoms with Gasteiger partial charge in [-0.05, 0) is 0 Å². The van der Waals surface area contributed by atoms with E-state index in [0.29, 0.717) is 6.08 Å². The highest BCUT2D eigenvalue weighted by molar-refractivity contribution is 5.81. The van der Waals surface area contributed by atoms with E-state index in [4.69, 9.17) is 16.1 Å². The Morgan fingerprint density at radius 1 is 1.88 bits per heavy atom. The molecule has 0 amide bonds. The zero-order valence-corrected chi connectivity index (χ0v) is 3.96. The van der Waals surface area contributed by atoms with Gasteiger partial charge in [0.05, 0.1) is 6.08 Å². The lowest BCUT2D eigenvalue weighted by Crippen LogP contribution is -1.98. The molecule has 0 aromatic rings. The standard InChI is InChI=1S/C4H4N2O2/c5-2-3(6)1-4(7)8/h1H,6H2,(H,7,8). The van der Waals surface area contributed by atoms with Crippen molar-refractivity contribution in [2.24, 2.45) is 5.73 Å². The minimum atomic E-state index is -1.20. The Labute approximate surface area is 45.8 Å². The van der Waals surface area contributed by atoms with Crippen LogP contribution in [0.4, 0.5) is 0 Å². The minimum Gasteiger partial charge on any atom is -0.478 e. The summed E-state index contributed by atoms with van der Waals surface area (Å²) < 4.78 is 0. The second-order valence-corrected chi connectivity index (χ2v) is 1.05. The fourth-order valence-corrected chi connectivity index (χ4v) is 0.165. The van der Waals surface area contributed by atoms with Crippen molar-refractivity contribution in [1.82, 2.24) is 0 Å². The molecule has 0 saturated carbocycles. The van der Waals surface area contributed by atoms with Crippen molar-refractivity contribution in [2.45, 2.75) is 0 Å². The summed E-state index contributed by atoms with van der Waals surface area (Å²) in [6.45, 7) is 0. The summed E-state index contributed by atoms with van der Waals surface area (Å²) in [5.41, 5.74) is 4.50. The first-order valence-electron chi connectivity index (χ1n) is 1.77. The van der Waals surface area contributed by atoms with Gasteiger partial charge in [0.1, 0.15) is 11.8 Å². The molecule has 0 heterocycles. The number of nitrogens with two attached hydrogens (primary N) is 1. The van der Waals surface area contributed by atoms with Crippen LogP contribution in [-0.2, 0) is 4.79 Å². The number of nitriles is 1. The predicted molar refractivity (Wildman–Crippen MR) is 25.5 cm³/mol. The van der Waals surface area contributed by atoms with E-state index in [9.17, 15) is 4.79 Å². The third-order valence-corrected chi connectivity index (χ3v) is 0.408. The van der Waals surface area contributed by atoms with E-state index in [1.807, 2.05) is 0 Å². The SMILES string of the molecule is N#CC(N)=CC(=O)O. The number of carboxylic acids is 1. The lowest BCUT2D eigenvalue weighted by atomic mass is 10.4. The van der Waals surface area contributed by atoms with Crippen molar-refractivity contribution in [2.75, 3.05) is 0 Å². The first-order chi connectivity index (χ1) is 3.66. The van der Waals surface area contributed by atoms with E-state index in [1.54, 1.807) is 0 Å². The Hall–Kier alpha value is -1.50. The molecule has 0 aliphatic rings. The lowest BCUT2D eigenvalue weighted by molar-refractivity contribution is -0.131. The number of carbonyl (C=O) groups is 1. The maximum Gasteiger partial charge on any atom is 0.331 e. The maximum atomic E-state index is 9.66. The molecule has 42 valence electrons. The van der Waals surface area contributed by atoms with Crippen molar-refractivity contribution in [3.8, 4) is 6.07 Å². The molecule has 8 heavy (non-hydrogen) atoms. The molecule has 0 unspecified atom stereocenters. The zero-order valence-electron chi connectivity index (χ0n) is 3.96. The van der Waals surface area contributed by atoms with Gasteiger partial charge >= 0.3 is 5.97 Å². The summed E-state index contributed by atoms with van der Waals surface area (Å²) in [5, 5.41) is 15.8. The second kappa shape index (κ2) is 2.64. The average molecular weight is 112 g/mol. The topological polar surface area (TPSA) is 87.1 Å². The molecule has 0 bridgehead atoms. The summed E-state index contributed by atoms with van der Waals surface area (Å²) in [4.78, 5) is 9.66. The average Bonchev–Trinajstić information content (AvgIpc) is 1.65. The van der Waals surface area contributed by atoms with Crippen LogP contribution in [0.3, 0.4) is 0 Å². The van der Waals surface area contributed by atoms with Gasteiger partial charge in [-0.3, -0.25) is 0 Å². The fraction of sp³-hybridized carbons (Fsp3) is 0. The summed E-state index contributed by atoms with van der Waals surface area (Å²) >= 11 is 0. The normalized spacial score (nSPS) is 10.1. The Morgan fingerprint density at radius 3 is 2.50 bits per heavy atom. The third-order valence-electron chi connectivity index (χ3n) is 0.408. The van der Waals surface area contributed by atoms with E-state index in [1.165, 1.54) is 6.07 Å². The molecule has 0 saturated heterocycles. The van der Waals surface area contributed by atoms with Crippen LogP contribution in [0.1, 0.15) is 0 Å². The highest BCUT2D eigenvalue weighted by atomic mass is 16.4. The van der Waals surface area contributed by atoms with E-state index < -0.39 is 5.97 Å². The summed E-state index contributed by atoms with van der Waals surface area (Å²) in [5.74, 6) is -1.20. The van der Waals surface area contributed by atoms with Gasteiger partial charge in [-0.1, -0.05) is 0 Å². The van der Waals surface area contributed by atoms with Gasteiger partial charge in [0.2, 0.25) is 0 Å². The van der Waals surface area contributed by atoms with Crippen LogP contribution >= 0.6 is 0 Å². The monoisotopic (exact) mass is 112 g/mol. The van der Waals surface area contributed by atoms with Gasteiger partial charge in [-0.25, -0.2) is 4.79 Å². The Bertz CT molecular complexity index is 165. The maximum absolute atomic E-state index is 9.66. The van der Waals surface area contributed by atoms with Gasteiger partial charge in [0.25, 0.3) is 0 Å². The fourth-order valence-electron chi connectivity index (χ4n) is 0.165. The Morgan fingerprint density at radius 2 is 2.38 bits per heavy atom. The van der Waals surface area contributed by atoms with Crippen LogP contribution in [-0.4, -0.2) is 11.1 Å². The number of aliphatic carboxylic acids is 1. The molecule has 0 radical (unpaired) electrons. The predicted octanol–water partition coefficient (Wildman–Crippen LogP) is -0.563. The smallest absolute Gasteiger partial charge is 0.331 e. The van der Waals surface area contributed by atoms with Gasteiger partial charge in [0.15, 0.2) is 0 Å². The Kier molecular flexibility index (Phi) is 2.14. The van der Waals surface area contributed by atoms with Crippen LogP contribution in [0.25, 0.3) is 0 Å². The van der Waals surface area contributed by atoms with Crippen LogP contribution in [0.2, 0.25) is 0 Å². The quantitative estimate of drug-likeness (QED) is 0.351. The Balaban J connectivity index is 4.01. The van der Waals surface area contributed by atoms with Gasteiger partial charge < -0.3 is 10.8 Å². The van der Waals surface area contributed by atoms with Crippen molar-refractivity contribution in [1.29, 1.82) is 5.26 Å². The van der Waals surface area contributed by atoms with E-state index >= 15 is 0 Å². The molecule has 0 aliphatic heterocycles. The number of nitrogens with zero attached hydrogens (tertiary/aromatic N) is 1. The van der Waals surface area contributed by atoms with E-state index in [-0.39, 0.29) is 5.70 Å². The molecule has 0 rings (SSSR count). The molecule has 0 spiro atoms. The molecule has 4 nitrogen and oxygen atoms in total. The molecule has 0 atom stereocenters. The molecule has 4 heteroatoms. The van der Waals surface area contributed by atoms with Crippen LogP contribution in [0.5, 0.6) is 0 Å². The van der Waals surface area contributed by atoms with Crippen LogP contribution in [0.15, 0.2) is 11.8 Å². The number of rotatable bonds is 1. The van der Waals surface area contributed by atoms with E-state index in [2.05, 4.69) is 0 Å².